The van der Waals surface area contributed by atoms with Gasteiger partial charge in [0.2, 0.25) is 10.0 Å². The monoisotopic (exact) mass is 438 g/mol. The van der Waals surface area contributed by atoms with E-state index in [-0.39, 0.29) is 15.7 Å². The molecular weight excluding hydrogens is 429 g/mol. The highest BCUT2D eigenvalue weighted by molar-refractivity contribution is 9.10. The maximum Gasteiger partial charge on any atom is 0.416 e. The summed E-state index contributed by atoms with van der Waals surface area (Å²) < 4.78 is 64.8. The molecule has 0 bridgehead atoms. The van der Waals surface area contributed by atoms with Gasteiger partial charge in [0.1, 0.15) is 5.75 Å². The van der Waals surface area contributed by atoms with Gasteiger partial charge in [-0.3, -0.25) is 14.8 Å². The maximum atomic E-state index is 12.8. The summed E-state index contributed by atoms with van der Waals surface area (Å²) in [5, 5.41) is 10.9. The van der Waals surface area contributed by atoms with Gasteiger partial charge in [-0.25, -0.2) is 8.42 Å². The number of anilines is 1. The molecule has 0 unspecified atom stereocenters. The summed E-state index contributed by atoms with van der Waals surface area (Å²) in [6.07, 6.45) is -4.64. The van der Waals surface area contributed by atoms with Crippen molar-refractivity contribution in [2.24, 2.45) is 0 Å². The number of benzene rings is 2. The molecule has 2 rings (SSSR count). The molecule has 0 amide bonds. The SMILES string of the molecule is O=[N+]([O-])c1ccccc1CS(=O)(=O)Nc1cc(C(F)(F)F)ccc1Br. The molecule has 2 aromatic rings. The molecule has 0 heterocycles. The van der Waals surface area contributed by atoms with Gasteiger partial charge in [0.05, 0.1) is 16.2 Å². The second-order valence-electron chi connectivity index (χ2n) is 4.94. The van der Waals surface area contributed by atoms with Crippen molar-refractivity contribution in [3.05, 3.63) is 68.2 Å². The summed E-state index contributed by atoms with van der Waals surface area (Å²) in [4.78, 5) is 10.2. The van der Waals surface area contributed by atoms with Gasteiger partial charge in [0.15, 0.2) is 0 Å². The number of alkyl halides is 3. The number of nitro groups is 1. The van der Waals surface area contributed by atoms with Crippen molar-refractivity contribution in [2.75, 3.05) is 4.72 Å². The quantitative estimate of drug-likeness (QED) is 0.555. The minimum absolute atomic E-state index is 0.0805. The van der Waals surface area contributed by atoms with Crippen LogP contribution in [0.25, 0.3) is 0 Å². The van der Waals surface area contributed by atoms with Gasteiger partial charge in [0.25, 0.3) is 5.69 Å². The molecule has 11 heteroatoms. The molecule has 134 valence electrons. The van der Waals surface area contributed by atoms with Crippen molar-refractivity contribution in [1.82, 2.24) is 0 Å². The van der Waals surface area contributed by atoms with Crippen molar-refractivity contribution in [1.29, 1.82) is 0 Å². The summed E-state index contributed by atoms with van der Waals surface area (Å²) in [5.74, 6) is -0.757. The molecule has 0 aliphatic heterocycles. The average molecular weight is 439 g/mol. The Morgan fingerprint density at radius 3 is 2.40 bits per heavy atom. The zero-order valence-electron chi connectivity index (χ0n) is 12.2. The Hall–Kier alpha value is -2.14. The van der Waals surface area contributed by atoms with Gasteiger partial charge in [-0.05, 0) is 34.1 Å². The predicted octanol–water partition coefficient (Wildman–Crippen LogP) is 4.32. The summed E-state index contributed by atoms with van der Waals surface area (Å²) in [6, 6.07) is 7.71. The van der Waals surface area contributed by atoms with E-state index in [0.29, 0.717) is 6.07 Å². The van der Waals surface area contributed by atoms with Crippen molar-refractivity contribution in [3.63, 3.8) is 0 Å². The molecule has 1 N–H and O–H groups in total. The number of rotatable bonds is 5. The second-order valence-corrected chi connectivity index (χ2v) is 7.52. The number of halogens is 4. The molecule has 0 spiro atoms. The molecule has 2 aromatic carbocycles. The van der Waals surface area contributed by atoms with Gasteiger partial charge < -0.3 is 0 Å². The number of hydrogen-bond acceptors (Lipinski definition) is 4. The standard InChI is InChI=1S/C14H10BrF3N2O4S/c15-11-6-5-10(14(16,17)18)7-12(11)19-25(23,24)8-9-3-1-2-4-13(9)20(21)22/h1-7,19H,8H2. The van der Waals surface area contributed by atoms with E-state index < -0.39 is 38.1 Å². The van der Waals surface area contributed by atoms with Crippen LogP contribution in [0.5, 0.6) is 0 Å². The smallest absolute Gasteiger partial charge is 0.282 e. The molecule has 25 heavy (non-hydrogen) atoms. The third-order valence-corrected chi connectivity index (χ3v) is 5.01. The molecule has 0 atom stereocenters. The Morgan fingerprint density at radius 1 is 1.16 bits per heavy atom. The van der Waals surface area contributed by atoms with Crippen molar-refractivity contribution in [3.8, 4) is 0 Å². The predicted molar refractivity (Wildman–Crippen MR) is 88.5 cm³/mol. The highest BCUT2D eigenvalue weighted by Gasteiger charge is 2.31. The Kier molecular flexibility index (Phi) is 5.37. The number of nitrogens with zero attached hydrogens (tertiary/aromatic N) is 1. The van der Waals surface area contributed by atoms with Crippen LogP contribution in [0, 0.1) is 10.1 Å². The number of sulfonamides is 1. The lowest BCUT2D eigenvalue weighted by Gasteiger charge is -2.13. The van der Waals surface area contributed by atoms with E-state index in [1.54, 1.807) is 0 Å². The summed E-state index contributed by atoms with van der Waals surface area (Å²) >= 11 is 2.97. The van der Waals surface area contributed by atoms with Gasteiger partial charge >= 0.3 is 6.18 Å². The third-order valence-electron chi connectivity index (χ3n) is 3.09. The fraction of sp³-hybridized carbons (Fsp3) is 0.143. The first-order chi connectivity index (χ1) is 11.5. The van der Waals surface area contributed by atoms with E-state index in [2.05, 4.69) is 15.9 Å². The van der Waals surface area contributed by atoms with Gasteiger partial charge in [-0.15, -0.1) is 0 Å². The zero-order chi connectivity index (χ0) is 18.8. The number of para-hydroxylation sites is 1. The van der Waals surface area contributed by atoms with E-state index in [0.717, 1.165) is 18.2 Å². The number of nitrogens with one attached hydrogen (secondary N) is 1. The van der Waals surface area contributed by atoms with Crippen molar-refractivity contribution >= 4 is 37.3 Å². The van der Waals surface area contributed by atoms with Crippen LogP contribution in [0.2, 0.25) is 0 Å². The number of hydrogen-bond donors (Lipinski definition) is 1. The molecule has 0 saturated carbocycles. The van der Waals surface area contributed by atoms with Crippen LogP contribution >= 0.6 is 15.9 Å². The minimum Gasteiger partial charge on any atom is -0.282 e. The van der Waals surface area contributed by atoms with Crippen LogP contribution in [-0.4, -0.2) is 13.3 Å². The Labute approximate surface area is 149 Å². The van der Waals surface area contributed by atoms with Crippen LogP contribution in [0.15, 0.2) is 46.9 Å². The van der Waals surface area contributed by atoms with Gasteiger partial charge in [-0.2, -0.15) is 13.2 Å². The fourth-order valence-corrected chi connectivity index (χ4v) is 3.71. The lowest BCUT2D eigenvalue weighted by Crippen LogP contribution is -2.17. The highest BCUT2D eigenvalue weighted by Crippen LogP contribution is 2.34. The maximum absolute atomic E-state index is 12.8. The van der Waals surface area contributed by atoms with E-state index in [9.17, 15) is 31.7 Å². The van der Waals surface area contributed by atoms with Crippen LogP contribution < -0.4 is 4.72 Å². The van der Waals surface area contributed by atoms with Crippen LogP contribution in [0.1, 0.15) is 11.1 Å². The van der Waals surface area contributed by atoms with Crippen LogP contribution in [0.4, 0.5) is 24.5 Å². The average Bonchev–Trinajstić information content (AvgIpc) is 2.48. The normalized spacial score (nSPS) is 12.0. The molecule has 0 aromatic heterocycles. The summed E-state index contributed by atoms with van der Waals surface area (Å²) in [5.41, 5.74) is -1.81. The van der Waals surface area contributed by atoms with E-state index in [4.69, 9.17) is 0 Å². The number of nitro benzene ring substituents is 1. The third kappa shape index (κ3) is 4.92. The molecule has 0 fully saturated rings. The fourth-order valence-electron chi connectivity index (χ4n) is 2.00. The largest absolute Gasteiger partial charge is 0.416 e. The first kappa shape index (κ1) is 19.2. The molecule has 6 nitrogen and oxygen atoms in total. The Morgan fingerprint density at radius 2 is 1.80 bits per heavy atom. The summed E-state index contributed by atoms with van der Waals surface area (Å²) in [6.45, 7) is 0. The van der Waals surface area contributed by atoms with Crippen molar-refractivity contribution < 1.29 is 26.5 Å². The lowest BCUT2D eigenvalue weighted by atomic mass is 10.2. The molecule has 0 aliphatic rings. The first-order valence-corrected chi connectivity index (χ1v) is 9.04. The zero-order valence-corrected chi connectivity index (χ0v) is 14.7. The topological polar surface area (TPSA) is 89.3 Å². The molecule has 0 radical (unpaired) electrons. The van der Waals surface area contributed by atoms with Crippen molar-refractivity contribution in [2.45, 2.75) is 11.9 Å². The highest BCUT2D eigenvalue weighted by atomic mass is 79.9. The minimum atomic E-state index is -4.64. The first-order valence-electron chi connectivity index (χ1n) is 6.59. The van der Waals surface area contributed by atoms with Gasteiger partial charge in [-0.1, -0.05) is 18.2 Å². The molecule has 0 aliphatic carbocycles. The van der Waals surface area contributed by atoms with Crippen LogP contribution in [0.3, 0.4) is 0 Å². The Balaban J connectivity index is 2.33. The second kappa shape index (κ2) is 7.00. The lowest BCUT2D eigenvalue weighted by molar-refractivity contribution is -0.385. The van der Waals surface area contributed by atoms with E-state index >= 15 is 0 Å². The molecular formula is C14H10BrF3N2O4S. The van der Waals surface area contributed by atoms with E-state index in [1.165, 1.54) is 18.2 Å². The van der Waals surface area contributed by atoms with E-state index in [1.807, 2.05) is 4.72 Å². The summed E-state index contributed by atoms with van der Waals surface area (Å²) in [7, 11) is -4.18. The van der Waals surface area contributed by atoms with Gasteiger partial charge in [0, 0.05) is 16.1 Å². The van der Waals surface area contributed by atoms with Crippen LogP contribution in [-0.2, 0) is 22.0 Å². The molecule has 0 saturated heterocycles. The Bertz CT molecular complexity index is 917.